The number of nitrogens with zero attached hydrogens (tertiary/aromatic N) is 1. The zero-order chi connectivity index (χ0) is 20.2. The van der Waals surface area contributed by atoms with Crippen LogP contribution in [0.1, 0.15) is 25.7 Å². The summed E-state index contributed by atoms with van der Waals surface area (Å²) in [6.07, 6.45) is 4.44. The predicted molar refractivity (Wildman–Crippen MR) is 94.1 cm³/mol. The minimum atomic E-state index is -0.697. The van der Waals surface area contributed by atoms with Crippen molar-refractivity contribution in [3.05, 3.63) is 12.2 Å². The van der Waals surface area contributed by atoms with E-state index in [9.17, 15) is 28.8 Å². The molecule has 1 aliphatic heterocycles. The summed E-state index contributed by atoms with van der Waals surface area (Å²) in [4.78, 5) is 68.7. The normalized spacial score (nSPS) is 12.8. The van der Waals surface area contributed by atoms with Crippen LogP contribution in [0.2, 0.25) is 0 Å². The van der Waals surface area contributed by atoms with E-state index in [2.05, 4.69) is 16.0 Å². The van der Waals surface area contributed by atoms with E-state index in [-0.39, 0.29) is 43.8 Å². The van der Waals surface area contributed by atoms with Gasteiger partial charge in [0.15, 0.2) is 7.85 Å². The van der Waals surface area contributed by atoms with Gasteiger partial charge in [-0.25, -0.2) is 0 Å². The molecule has 27 heavy (non-hydrogen) atoms. The molecule has 0 fully saturated rings. The second-order valence-corrected chi connectivity index (χ2v) is 5.77. The van der Waals surface area contributed by atoms with Crippen molar-refractivity contribution in [1.29, 1.82) is 0 Å². The van der Waals surface area contributed by atoms with E-state index in [0.29, 0.717) is 25.8 Å². The van der Waals surface area contributed by atoms with E-state index in [1.54, 1.807) is 0 Å². The highest BCUT2D eigenvalue weighted by atomic mass is 16.2. The fourth-order valence-electron chi connectivity index (χ4n) is 2.14. The molecule has 0 saturated heterocycles. The van der Waals surface area contributed by atoms with Crippen molar-refractivity contribution in [1.82, 2.24) is 20.9 Å². The Morgan fingerprint density at radius 3 is 1.85 bits per heavy atom. The highest BCUT2D eigenvalue weighted by molar-refractivity contribution is 6.58. The first-order chi connectivity index (χ1) is 12.8. The lowest BCUT2D eigenvalue weighted by Crippen LogP contribution is -2.42. The summed E-state index contributed by atoms with van der Waals surface area (Å²) in [6.45, 7) is -0.607. The molecule has 2 radical (unpaired) electrons. The molecule has 0 unspecified atom stereocenters. The largest absolute Gasteiger partial charge is 0.348 e. The number of hydrogen-bond acceptors (Lipinski definition) is 6. The first-order valence-electron chi connectivity index (χ1n) is 8.41. The van der Waals surface area contributed by atoms with Crippen LogP contribution in [0.15, 0.2) is 12.2 Å². The van der Waals surface area contributed by atoms with Gasteiger partial charge in [-0.3, -0.25) is 28.9 Å². The number of carbonyl (C=O) groups is 6. The molecule has 0 aromatic carbocycles. The Kier molecular flexibility index (Phi) is 9.48. The summed E-state index contributed by atoms with van der Waals surface area (Å²) in [5.74, 6) is -2.09. The lowest BCUT2D eigenvalue weighted by molar-refractivity contribution is -0.137. The SMILES string of the molecule is [B]C(=O)CNC(=O)CNC(=O)CNC(=O)CCCCCN1C(=O)C=CC1=O. The quantitative estimate of drug-likeness (QED) is 0.196. The van der Waals surface area contributed by atoms with Crippen molar-refractivity contribution in [3.63, 3.8) is 0 Å². The summed E-state index contributed by atoms with van der Waals surface area (Å²) < 4.78 is 0. The van der Waals surface area contributed by atoms with Crippen molar-refractivity contribution in [2.45, 2.75) is 25.7 Å². The third-order valence-electron chi connectivity index (χ3n) is 3.54. The number of imide groups is 1. The molecule has 0 bridgehead atoms. The van der Waals surface area contributed by atoms with Gasteiger partial charge in [0.2, 0.25) is 17.7 Å². The zero-order valence-corrected chi connectivity index (χ0v) is 14.8. The van der Waals surface area contributed by atoms with Crippen molar-refractivity contribution < 1.29 is 28.8 Å². The molecular formula is C16H21BN4O6. The van der Waals surface area contributed by atoms with E-state index in [1.807, 2.05) is 0 Å². The molecule has 0 aromatic heterocycles. The number of unbranched alkanes of at least 4 members (excludes halogenated alkanes) is 2. The van der Waals surface area contributed by atoms with Crippen molar-refractivity contribution in [2.75, 3.05) is 26.2 Å². The van der Waals surface area contributed by atoms with Crippen LogP contribution in [0.3, 0.4) is 0 Å². The molecule has 5 amide bonds. The molecule has 0 atom stereocenters. The Hall–Kier alpha value is -2.98. The van der Waals surface area contributed by atoms with Gasteiger partial charge in [-0.05, 0) is 12.8 Å². The number of hydrogen-bond donors (Lipinski definition) is 3. The van der Waals surface area contributed by atoms with Crippen LogP contribution in [-0.4, -0.2) is 74.1 Å². The first kappa shape index (κ1) is 22.1. The molecule has 10 nitrogen and oxygen atoms in total. The number of carbonyl (C=O) groups excluding carboxylic acids is 6. The van der Waals surface area contributed by atoms with Gasteiger partial charge in [-0.1, -0.05) is 6.42 Å². The fourth-order valence-corrected chi connectivity index (χ4v) is 2.14. The van der Waals surface area contributed by atoms with E-state index in [4.69, 9.17) is 7.85 Å². The molecule has 0 saturated carbocycles. The Bertz CT molecular complexity index is 631. The lowest BCUT2D eigenvalue weighted by atomic mass is 10.0. The standard InChI is InChI=1S/C16H21BN4O6/c17-11(22)8-18-13(24)10-20-14(25)9-19-12(23)4-2-1-3-7-21-15(26)5-6-16(21)27/h5-6H,1-4,7-10H2,(H,18,24)(H,19,23)(H,20,25). The van der Waals surface area contributed by atoms with Crippen molar-refractivity contribution in [3.8, 4) is 0 Å². The average molecular weight is 376 g/mol. The van der Waals surface area contributed by atoms with Gasteiger partial charge in [0.25, 0.3) is 11.8 Å². The van der Waals surface area contributed by atoms with Crippen LogP contribution in [0, 0.1) is 0 Å². The van der Waals surface area contributed by atoms with E-state index in [1.165, 1.54) is 12.2 Å². The van der Waals surface area contributed by atoms with Gasteiger partial charge < -0.3 is 20.7 Å². The Morgan fingerprint density at radius 2 is 1.30 bits per heavy atom. The molecule has 1 rings (SSSR count). The molecule has 0 aromatic rings. The number of amides is 5. The molecule has 3 N–H and O–H groups in total. The zero-order valence-electron chi connectivity index (χ0n) is 14.8. The van der Waals surface area contributed by atoms with Gasteiger partial charge in [0.05, 0.1) is 25.3 Å². The summed E-state index contributed by atoms with van der Waals surface area (Å²) >= 11 is 0. The number of rotatable bonds is 12. The summed E-state index contributed by atoms with van der Waals surface area (Å²) in [6, 6.07) is 0. The van der Waals surface area contributed by atoms with Crippen LogP contribution in [0.4, 0.5) is 0 Å². The predicted octanol–water partition coefficient (Wildman–Crippen LogP) is -2.48. The maximum Gasteiger partial charge on any atom is 0.253 e. The smallest absolute Gasteiger partial charge is 0.253 e. The van der Waals surface area contributed by atoms with Gasteiger partial charge in [-0.15, -0.1) is 0 Å². The third kappa shape index (κ3) is 9.33. The van der Waals surface area contributed by atoms with Crippen LogP contribution in [-0.2, 0) is 28.8 Å². The number of nitrogens with one attached hydrogen (secondary N) is 3. The molecular weight excluding hydrogens is 355 g/mol. The fraction of sp³-hybridized carbons (Fsp3) is 0.500. The minimum absolute atomic E-state index is 0.201. The Labute approximate surface area is 157 Å². The van der Waals surface area contributed by atoms with E-state index in [0.717, 1.165) is 4.90 Å². The van der Waals surface area contributed by atoms with Gasteiger partial charge >= 0.3 is 0 Å². The van der Waals surface area contributed by atoms with Crippen LogP contribution in [0.5, 0.6) is 0 Å². The van der Waals surface area contributed by atoms with Crippen molar-refractivity contribution in [2.24, 2.45) is 0 Å². The first-order valence-corrected chi connectivity index (χ1v) is 8.41. The average Bonchev–Trinajstić information content (AvgIpc) is 2.94. The molecule has 1 heterocycles. The van der Waals surface area contributed by atoms with Gasteiger partial charge in [0, 0.05) is 25.1 Å². The highest BCUT2D eigenvalue weighted by Gasteiger charge is 2.22. The molecule has 0 aliphatic carbocycles. The maximum atomic E-state index is 11.6. The van der Waals surface area contributed by atoms with E-state index < -0.39 is 17.5 Å². The van der Waals surface area contributed by atoms with Crippen LogP contribution < -0.4 is 16.0 Å². The Morgan fingerprint density at radius 1 is 0.778 bits per heavy atom. The van der Waals surface area contributed by atoms with E-state index >= 15 is 0 Å². The van der Waals surface area contributed by atoms with Crippen molar-refractivity contribution >= 4 is 43.1 Å². The second-order valence-electron chi connectivity index (χ2n) is 5.77. The molecule has 144 valence electrons. The van der Waals surface area contributed by atoms with Gasteiger partial charge in [0.1, 0.15) is 0 Å². The second kappa shape index (κ2) is 11.6. The highest BCUT2D eigenvalue weighted by Crippen LogP contribution is 2.07. The van der Waals surface area contributed by atoms with Crippen LogP contribution >= 0.6 is 0 Å². The lowest BCUT2D eigenvalue weighted by Gasteiger charge is -2.13. The minimum Gasteiger partial charge on any atom is -0.348 e. The summed E-state index contributed by atoms with van der Waals surface area (Å²) in [5, 5.41) is 6.90. The topological polar surface area (TPSA) is 142 Å². The molecule has 1 aliphatic rings. The van der Waals surface area contributed by atoms with Crippen LogP contribution in [0.25, 0.3) is 0 Å². The maximum absolute atomic E-state index is 11.6. The summed E-state index contributed by atoms with van der Waals surface area (Å²) in [7, 11) is 4.86. The van der Waals surface area contributed by atoms with Gasteiger partial charge in [-0.2, -0.15) is 0 Å². The third-order valence-corrected chi connectivity index (χ3v) is 3.54. The summed E-state index contributed by atoms with van der Waals surface area (Å²) in [5.41, 5.74) is -0.697. The Balaban J connectivity index is 2.04. The molecule has 0 spiro atoms. The molecule has 11 heteroatoms. The monoisotopic (exact) mass is 376 g/mol.